The van der Waals surface area contributed by atoms with Crippen LogP contribution in [0.3, 0.4) is 0 Å². The Morgan fingerprint density at radius 1 is 0.747 bits per heavy atom. The van der Waals surface area contributed by atoms with Crippen molar-refractivity contribution in [3.63, 3.8) is 0 Å². The van der Waals surface area contributed by atoms with E-state index in [0.717, 1.165) is 23.0 Å². The molecule has 0 radical (unpaired) electrons. The van der Waals surface area contributed by atoms with Gasteiger partial charge in [0.05, 0.1) is 68.9 Å². The van der Waals surface area contributed by atoms with Crippen LogP contribution in [-0.2, 0) is 35.0 Å². The lowest BCUT2D eigenvalue weighted by Gasteiger charge is -2.38. The Balaban J connectivity index is 0.00000914. The highest BCUT2D eigenvalue weighted by atomic mass is 35.5. The summed E-state index contributed by atoms with van der Waals surface area (Å²) in [6.07, 6.45) is 10.3. The van der Waals surface area contributed by atoms with Crippen molar-refractivity contribution in [1.82, 2.24) is 59.7 Å². The fraction of sp³-hybridized carbons (Fsp3) is 0.600. The van der Waals surface area contributed by atoms with E-state index in [1.54, 1.807) is 22.0 Å². The molecule has 7 rings (SSSR count). The summed E-state index contributed by atoms with van der Waals surface area (Å²) < 4.78 is 19.7. The number of nitrogens with zero attached hydrogens (tertiary/aromatic N) is 13. The maximum absolute atomic E-state index is 14.7. The lowest BCUT2D eigenvalue weighted by atomic mass is 10.0. The molecule has 7 N–H and O–H groups in total. The number of fused-ring (bicyclic) bond motifs is 1. The van der Waals surface area contributed by atoms with E-state index in [0.29, 0.717) is 146 Å². The minimum absolute atomic E-state index is 0. The van der Waals surface area contributed by atoms with E-state index < -0.39 is 18.1 Å². The number of H-pyrrole nitrogens is 1. The van der Waals surface area contributed by atoms with Gasteiger partial charge in [-0.15, -0.1) is 16.6 Å². The lowest BCUT2D eigenvalue weighted by molar-refractivity contribution is -0.139. The molecule has 5 aromatic rings. The average Bonchev–Trinajstić information content (AvgIpc) is 4.18. The minimum atomic E-state index is -1.01. The quantitative estimate of drug-likeness (QED) is 0.0315. The van der Waals surface area contributed by atoms with Crippen LogP contribution in [0, 0.1) is 24.2 Å². The summed E-state index contributed by atoms with van der Waals surface area (Å²) in [7, 11) is 0. The number of amides is 2. The molecule has 0 spiro atoms. The van der Waals surface area contributed by atoms with Crippen LogP contribution in [0.5, 0.6) is 0 Å². The molecule has 2 aliphatic rings. The number of hydrogen-bond acceptors (Lipinski definition) is 18. The molecule has 2 saturated heterocycles. The number of hydrogen-bond donors (Lipinski definition) is 5. The summed E-state index contributed by atoms with van der Waals surface area (Å²) in [4.78, 5) is 66.2. The van der Waals surface area contributed by atoms with Crippen molar-refractivity contribution in [2.75, 3.05) is 114 Å². The normalized spacial score (nSPS) is 15.7. The molecule has 2 unspecified atom stereocenters. The summed E-state index contributed by atoms with van der Waals surface area (Å²) in [6.45, 7) is 14.0. The number of terminal acetylenes is 1. The van der Waals surface area contributed by atoms with Crippen LogP contribution in [0.4, 0.5) is 17.8 Å². The zero-order valence-electron chi connectivity index (χ0n) is 43.5. The van der Waals surface area contributed by atoms with Crippen molar-refractivity contribution >= 4 is 46.5 Å². The Labute approximate surface area is 444 Å². The van der Waals surface area contributed by atoms with Crippen molar-refractivity contribution < 1.29 is 46.1 Å². The number of para-hydroxylation sites is 1. The molecule has 408 valence electrons. The second-order valence-corrected chi connectivity index (χ2v) is 19.6. The predicted octanol–water partition coefficient (Wildman–Crippen LogP) is -0.386. The number of nitrogens with two attached hydrogens (primary N) is 2. The summed E-state index contributed by atoms with van der Waals surface area (Å²) in [5.41, 5.74) is 16.0. The van der Waals surface area contributed by atoms with Crippen LogP contribution in [0.1, 0.15) is 94.6 Å². The monoisotopic (exact) mass is 1060 g/mol. The summed E-state index contributed by atoms with van der Waals surface area (Å²) in [5.74, 6) is 2.95. The third-order valence-corrected chi connectivity index (χ3v) is 12.9. The van der Waals surface area contributed by atoms with Crippen LogP contribution in [0.25, 0.3) is 10.9 Å². The first-order valence-corrected chi connectivity index (χ1v) is 25.6. The largest absolute Gasteiger partial charge is 1.00 e. The van der Waals surface area contributed by atoms with E-state index in [9.17, 15) is 19.5 Å². The molecule has 2 aliphatic heterocycles. The van der Waals surface area contributed by atoms with E-state index in [2.05, 4.69) is 70.6 Å². The van der Waals surface area contributed by atoms with Crippen LogP contribution >= 0.6 is 0 Å². The number of aromatic nitrogens is 10. The molecule has 0 saturated carbocycles. The molecule has 4 aromatic heterocycles. The third kappa shape index (κ3) is 16.5. The topological polar surface area (TPSA) is 292 Å². The molecule has 1 aromatic carbocycles. The molecule has 0 aliphatic carbocycles. The van der Waals surface area contributed by atoms with Crippen molar-refractivity contribution in [1.29, 1.82) is 0 Å². The van der Waals surface area contributed by atoms with Gasteiger partial charge in [0, 0.05) is 83.0 Å². The highest BCUT2D eigenvalue weighted by molar-refractivity contribution is 5.83. The van der Waals surface area contributed by atoms with Crippen LogP contribution < -0.4 is 39.0 Å². The maximum atomic E-state index is 14.7. The molecular weight excluding hydrogens is 986 g/mol. The minimum Gasteiger partial charge on any atom is -1.00 e. The molecule has 0 bridgehead atoms. The number of piperazine rings is 2. The first-order chi connectivity index (χ1) is 35.8. The van der Waals surface area contributed by atoms with Gasteiger partial charge in [0.25, 0.3) is 0 Å². The van der Waals surface area contributed by atoms with Crippen molar-refractivity contribution in [2.24, 2.45) is 23.3 Å². The van der Waals surface area contributed by atoms with E-state index >= 15 is 0 Å². The first kappa shape index (κ1) is 57.8. The maximum Gasteiger partial charge on any atom is 0.303 e. The van der Waals surface area contributed by atoms with Gasteiger partial charge in [-0.3, -0.25) is 14.4 Å². The van der Waals surface area contributed by atoms with Gasteiger partial charge < -0.3 is 73.1 Å². The number of ether oxygens (including phenoxy) is 3. The van der Waals surface area contributed by atoms with E-state index in [1.165, 1.54) is 4.68 Å². The molecule has 2 amide bonds. The van der Waals surface area contributed by atoms with Gasteiger partial charge in [0.15, 0.2) is 0 Å². The molecule has 75 heavy (non-hydrogen) atoms. The fourth-order valence-corrected chi connectivity index (χ4v) is 9.05. The van der Waals surface area contributed by atoms with Crippen LogP contribution in [0.2, 0.25) is 0 Å². The standard InChI is InChI=1S/C50H73N17O7.ClH/c1-6-22-72-24-26-74-27-25-73-23-13-53-48-55-49(64-18-14-62(15-19-64)46(70)43(11-12-45(68)69)66-32-41(58-60-66)38(51)28-34(2)3)57-50(56-48)65-20-16-63(17-21-65)47(71)44(31-37-30-36-9-7-8-10-40(36)54-37)67-33-42(59-61-67)39(52)29-35(4)5;/h1,7-10,30,32-35,38-39,43-44,54H,11-29,31,51-52H2,2-5H3,(H,68,69)(H,53,55,56,57);1H/p-1/t38?,39?,43-,44-;/m0./s1. The van der Waals surface area contributed by atoms with Crippen molar-refractivity contribution in [3.8, 4) is 12.3 Å². The van der Waals surface area contributed by atoms with Gasteiger partial charge in [0.2, 0.25) is 29.7 Å². The van der Waals surface area contributed by atoms with Gasteiger partial charge in [-0.1, -0.05) is 62.2 Å². The van der Waals surface area contributed by atoms with E-state index in [-0.39, 0.29) is 55.8 Å². The average molecular weight is 1060 g/mol. The number of carboxylic acids is 1. The number of aliphatic carboxylic acids is 1. The number of carbonyl (C=O) groups is 3. The van der Waals surface area contributed by atoms with Gasteiger partial charge >= 0.3 is 5.97 Å². The molecule has 24 nitrogen and oxygen atoms in total. The summed E-state index contributed by atoms with van der Waals surface area (Å²) in [5, 5.41) is 31.3. The molecule has 6 heterocycles. The number of benzene rings is 1. The lowest BCUT2D eigenvalue weighted by Crippen LogP contribution is -3.00. The van der Waals surface area contributed by atoms with E-state index in [1.807, 2.05) is 39.0 Å². The summed E-state index contributed by atoms with van der Waals surface area (Å²) >= 11 is 0. The third-order valence-electron chi connectivity index (χ3n) is 12.9. The summed E-state index contributed by atoms with van der Waals surface area (Å²) in [6, 6.07) is 7.86. The Kier molecular flexibility index (Phi) is 21.9. The fourth-order valence-electron chi connectivity index (χ4n) is 9.05. The number of halogens is 1. The van der Waals surface area contributed by atoms with Gasteiger partial charge in [-0.2, -0.15) is 15.0 Å². The zero-order chi connectivity index (χ0) is 52.6. The van der Waals surface area contributed by atoms with Gasteiger partial charge in [0.1, 0.15) is 18.7 Å². The Bertz CT molecular complexity index is 2590. The van der Waals surface area contributed by atoms with Crippen molar-refractivity contribution in [3.05, 3.63) is 59.8 Å². The number of carboxylic acid groups (broad SMARTS) is 1. The molecule has 25 heteroatoms. The zero-order valence-corrected chi connectivity index (χ0v) is 44.2. The Morgan fingerprint density at radius 3 is 1.80 bits per heavy atom. The van der Waals surface area contributed by atoms with E-state index in [4.69, 9.17) is 47.1 Å². The van der Waals surface area contributed by atoms with Crippen LogP contribution in [0.15, 0.2) is 42.7 Å². The van der Waals surface area contributed by atoms with Gasteiger partial charge in [-0.05, 0) is 48.6 Å². The number of aromatic amines is 1. The highest BCUT2D eigenvalue weighted by Gasteiger charge is 2.34. The molecule has 2 fully saturated rings. The first-order valence-electron chi connectivity index (χ1n) is 25.6. The van der Waals surface area contributed by atoms with Gasteiger partial charge in [-0.25, -0.2) is 9.36 Å². The number of carbonyl (C=O) groups excluding carboxylic acids is 2. The Morgan fingerprint density at radius 2 is 1.27 bits per heavy atom. The predicted molar refractivity (Wildman–Crippen MR) is 277 cm³/mol. The Hall–Kier alpha value is -6.49. The number of anilines is 3. The number of nitrogens with one attached hydrogen (secondary N) is 2. The highest BCUT2D eigenvalue weighted by Crippen LogP contribution is 2.27. The second-order valence-electron chi connectivity index (χ2n) is 19.6. The van der Waals surface area contributed by atoms with Crippen molar-refractivity contribution in [2.45, 2.75) is 84.0 Å². The van der Waals surface area contributed by atoms with Crippen LogP contribution in [-0.4, -0.2) is 181 Å². The molecular formula is C50H73ClN17O7-. The number of rotatable bonds is 28. The smallest absolute Gasteiger partial charge is 0.303 e. The second kappa shape index (κ2) is 28.4. The molecule has 4 atom stereocenters. The SMILES string of the molecule is C#CCOCCOCCOCCNc1nc(N2CCN(C(=O)[C@H](CCC(=O)O)n3cc(C(N)CC(C)C)nn3)CC2)nc(N2CCN(C(=O)[C@H](Cc3cc4ccccc4[nH]3)n3cc(C(N)CC(C)C)nn3)CC2)n1.[Cl-].